The molecule has 0 unspecified atom stereocenters. The molecule has 0 amide bonds. The first kappa shape index (κ1) is 5.81. The van der Waals surface area contributed by atoms with Crippen molar-refractivity contribution in [3.8, 4) is 0 Å². The molecule has 0 spiro atoms. The Morgan fingerprint density at radius 1 is 1.60 bits per heavy atom. The number of halogens is 2. The maximum absolute atomic E-state index is 11.1. The Labute approximate surface area is 37.0 Å². The molecule has 4 heteroatoms. The summed E-state index contributed by atoms with van der Waals surface area (Å²) in [5.74, 6) is 0. The summed E-state index contributed by atoms with van der Waals surface area (Å²) in [5.41, 5.74) is 0. The van der Waals surface area contributed by atoms with Crippen LogP contribution in [0.25, 0.3) is 0 Å². The molecule has 0 aliphatic rings. The molecule has 32 valence electrons. The third-order valence-corrected chi connectivity index (χ3v) is 0. The average Bonchev–Trinajstić information content (AvgIpc) is 0.722. The SMILES string of the molecule is CP(F)(F)=[Se]. The van der Waals surface area contributed by atoms with E-state index in [0.29, 0.717) is 0 Å². The van der Waals surface area contributed by atoms with Gasteiger partial charge in [0.05, 0.1) is 0 Å². The van der Waals surface area contributed by atoms with Crippen LogP contribution in [-0.4, -0.2) is 21.8 Å². The van der Waals surface area contributed by atoms with Crippen molar-refractivity contribution >= 4 is 21.2 Å². The van der Waals surface area contributed by atoms with Crippen molar-refractivity contribution in [3.05, 3.63) is 0 Å². The number of hydrogen-bond donors (Lipinski definition) is 0. The molecule has 0 fully saturated rings. The van der Waals surface area contributed by atoms with E-state index in [2.05, 4.69) is 0 Å². The quantitative estimate of drug-likeness (QED) is 0.374. The monoisotopic (exact) mass is 164 g/mol. The average molecular weight is 163 g/mol. The zero-order chi connectivity index (χ0) is 4.50. The second-order valence-electron chi connectivity index (χ2n) is 0.723. The van der Waals surface area contributed by atoms with Gasteiger partial charge in [-0.25, -0.2) is 0 Å². The first-order chi connectivity index (χ1) is 2.00. The van der Waals surface area contributed by atoms with Crippen LogP contribution in [0.3, 0.4) is 0 Å². The third kappa shape index (κ3) is 57.9. The van der Waals surface area contributed by atoms with Gasteiger partial charge in [0.25, 0.3) is 0 Å². The van der Waals surface area contributed by atoms with Crippen LogP contribution in [0.5, 0.6) is 0 Å². The van der Waals surface area contributed by atoms with Crippen molar-refractivity contribution < 1.29 is 8.39 Å². The van der Waals surface area contributed by atoms with Gasteiger partial charge in [0.2, 0.25) is 0 Å². The Morgan fingerprint density at radius 2 is 1.60 bits per heavy atom. The Bertz CT molecular complexity index is 55.8. The summed E-state index contributed by atoms with van der Waals surface area (Å²) in [6.45, 7) is 0.910. The number of hydrogen-bond acceptors (Lipinski definition) is 0. The van der Waals surface area contributed by atoms with Crippen molar-refractivity contribution in [2.24, 2.45) is 0 Å². The van der Waals surface area contributed by atoms with Crippen molar-refractivity contribution in [2.45, 2.75) is 0 Å². The van der Waals surface area contributed by atoms with Crippen LogP contribution < -0.4 is 0 Å². The van der Waals surface area contributed by atoms with E-state index in [-0.39, 0.29) is 0 Å². The van der Waals surface area contributed by atoms with Crippen LogP contribution in [0.15, 0.2) is 0 Å². The fourth-order valence-electron chi connectivity index (χ4n) is 0. The molecule has 0 aliphatic carbocycles. The standard InChI is InChI=1S/CH3F2PSe/c1-4(2,3)5/h1H3. The first-order valence-electron chi connectivity index (χ1n) is 0.968. The molecule has 0 aromatic rings. The zero-order valence-electron chi connectivity index (χ0n) is 2.61. The molecule has 0 radical (unpaired) electrons. The molecule has 0 atom stereocenters. The van der Waals surface area contributed by atoms with Crippen LogP contribution in [0.4, 0.5) is 8.39 Å². The molecule has 0 aromatic heterocycles. The fraction of sp³-hybridized carbons (Fsp3) is 1.00. The van der Waals surface area contributed by atoms with Gasteiger partial charge in [-0.3, -0.25) is 0 Å². The summed E-state index contributed by atoms with van der Waals surface area (Å²) in [6, 6.07) is 0. The summed E-state index contributed by atoms with van der Waals surface area (Å²) >= 11 is 1.76. The van der Waals surface area contributed by atoms with E-state index in [1.807, 2.05) is 0 Å². The summed E-state index contributed by atoms with van der Waals surface area (Å²) in [4.78, 5) is 0. The molecular weight excluding hydrogens is 160 g/mol. The Balaban J connectivity index is 3.47. The minimum atomic E-state index is -3.51. The summed E-state index contributed by atoms with van der Waals surface area (Å²) in [5, 5.41) is 0. The first-order valence-corrected chi connectivity index (χ1v) is 5.20. The van der Waals surface area contributed by atoms with Gasteiger partial charge in [-0.2, -0.15) is 0 Å². The molecule has 0 bridgehead atoms. The summed E-state index contributed by atoms with van der Waals surface area (Å²) in [6.07, 6.45) is -3.51. The van der Waals surface area contributed by atoms with Crippen LogP contribution >= 0.6 is 6.13 Å². The van der Waals surface area contributed by atoms with E-state index in [1.165, 1.54) is 0 Å². The van der Waals surface area contributed by atoms with Gasteiger partial charge in [-0.1, -0.05) is 0 Å². The van der Waals surface area contributed by atoms with E-state index < -0.39 is 6.13 Å². The third-order valence-electron chi connectivity index (χ3n) is 0. The molecule has 0 aliphatic heterocycles. The van der Waals surface area contributed by atoms with Crippen LogP contribution in [0, 0.1) is 0 Å². The second-order valence-corrected chi connectivity index (χ2v) is 6.20. The van der Waals surface area contributed by atoms with Crippen molar-refractivity contribution in [1.82, 2.24) is 0 Å². The molecule has 0 nitrogen and oxygen atoms in total. The van der Waals surface area contributed by atoms with Crippen LogP contribution in [-0.2, 0) is 0 Å². The topological polar surface area (TPSA) is 0 Å². The van der Waals surface area contributed by atoms with Gasteiger partial charge in [0.15, 0.2) is 0 Å². The van der Waals surface area contributed by atoms with Crippen LogP contribution in [0.1, 0.15) is 0 Å². The molecular formula is CH3F2PSe. The predicted octanol–water partition coefficient (Wildman–Crippen LogP) is 1.49. The Morgan fingerprint density at radius 3 is 1.60 bits per heavy atom. The fourth-order valence-corrected chi connectivity index (χ4v) is 0. The van der Waals surface area contributed by atoms with E-state index in [0.717, 1.165) is 6.66 Å². The van der Waals surface area contributed by atoms with Crippen molar-refractivity contribution in [3.63, 3.8) is 0 Å². The van der Waals surface area contributed by atoms with Crippen molar-refractivity contribution in [1.29, 1.82) is 0 Å². The van der Waals surface area contributed by atoms with E-state index in [4.69, 9.17) is 0 Å². The molecule has 5 heavy (non-hydrogen) atoms. The zero-order valence-corrected chi connectivity index (χ0v) is 5.22. The molecule has 0 aromatic carbocycles. The number of rotatable bonds is 0. The second kappa shape index (κ2) is 1.51. The molecule has 0 saturated carbocycles. The normalized spacial score (nSPS) is 11.8. The molecule has 0 heterocycles. The molecule has 0 N–H and O–H groups in total. The minimum absolute atomic E-state index is 0.910. The van der Waals surface area contributed by atoms with Gasteiger partial charge < -0.3 is 0 Å². The summed E-state index contributed by atoms with van der Waals surface area (Å²) in [7, 11) is 0. The maximum atomic E-state index is 11.1. The van der Waals surface area contributed by atoms with Gasteiger partial charge in [-0.05, 0) is 0 Å². The Hall–Kier alpha value is 0.809. The van der Waals surface area contributed by atoms with Gasteiger partial charge in [-0.15, -0.1) is 0 Å². The van der Waals surface area contributed by atoms with E-state index in [1.54, 1.807) is 15.1 Å². The van der Waals surface area contributed by atoms with Crippen molar-refractivity contribution in [2.75, 3.05) is 6.66 Å². The van der Waals surface area contributed by atoms with Gasteiger partial charge >= 0.3 is 36.3 Å². The predicted molar refractivity (Wildman–Crippen MR) is 20.8 cm³/mol. The van der Waals surface area contributed by atoms with Gasteiger partial charge in [0, 0.05) is 0 Å². The molecule has 0 rings (SSSR count). The Kier molecular flexibility index (Phi) is 1.75. The summed E-state index contributed by atoms with van der Waals surface area (Å²) < 4.78 is 22.2. The van der Waals surface area contributed by atoms with Crippen LogP contribution in [0.2, 0.25) is 0 Å². The van der Waals surface area contributed by atoms with E-state index in [9.17, 15) is 8.39 Å². The van der Waals surface area contributed by atoms with Gasteiger partial charge in [0.1, 0.15) is 0 Å². The van der Waals surface area contributed by atoms with E-state index >= 15 is 0 Å². The molecule has 0 saturated heterocycles.